The molecule has 0 bridgehead atoms. The van der Waals surface area contributed by atoms with Crippen LogP contribution in [0.4, 0.5) is 0 Å². The molecule has 0 N–H and O–H groups in total. The molecular formula is C25H22O2. The van der Waals surface area contributed by atoms with E-state index in [4.69, 9.17) is 4.74 Å². The van der Waals surface area contributed by atoms with Crippen molar-refractivity contribution in [3.05, 3.63) is 95.6 Å². The molecule has 0 saturated heterocycles. The molecule has 27 heavy (non-hydrogen) atoms. The minimum absolute atomic E-state index is 0.325. The van der Waals surface area contributed by atoms with E-state index in [0.717, 1.165) is 24.0 Å². The van der Waals surface area contributed by atoms with Gasteiger partial charge in [0.1, 0.15) is 0 Å². The summed E-state index contributed by atoms with van der Waals surface area (Å²) in [6, 6.07) is 22.8. The van der Waals surface area contributed by atoms with E-state index in [0.29, 0.717) is 12.2 Å². The van der Waals surface area contributed by atoms with Crippen LogP contribution in [0.1, 0.15) is 30.0 Å². The highest BCUT2D eigenvalue weighted by Crippen LogP contribution is 2.15. The van der Waals surface area contributed by atoms with Crippen LogP contribution in [0.3, 0.4) is 0 Å². The van der Waals surface area contributed by atoms with Gasteiger partial charge in [-0.25, -0.2) is 4.79 Å². The summed E-state index contributed by atoms with van der Waals surface area (Å²) in [6.07, 6.45) is 1.66. The second-order valence-corrected chi connectivity index (χ2v) is 6.53. The van der Waals surface area contributed by atoms with E-state index in [1.165, 1.54) is 16.3 Å². The monoisotopic (exact) mass is 354 g/mol. The Hall–Kier alpha value is -3.31. The van der Waals surface area contributed by atoms with Gasteiger partial charge < -0.3 is 4.74 Å². The minimum atomic E-state index is -0.325. The number of fused-ring (bicyclic) bond motifs is 1. The molecular weight excluding hydrogens is 332 g/mol. The van der Waals surface area contributed by atoms with Crippen molar-refractivity contribution in [2.24, 2.45) is 0 Å². The number of esters is 1. The Morgan fingerprint density at radius 1 is 0.926 bits per heavy atom. The fraction of sp³-hybridized carbons (Fsp3) is 0.160. The van der Waals surface area contributed by atoms with Gasteiger partial charge in [0.15, 0.2) is 0 Å². The number of ether oxygens (including phenoxy) is 1. The molecule has 3 aromatic rings. The molecule has 2 heteroatoms. The van der Waals surface area contributed by atoms with Crippen LogP contribution in [0, 0.1) is 11.8 Å². The lowest BCUT2D eigenvalue weighted by molar-refractivity contribution is -0.139. The number of hydrogen-bond donors (Lipinski definition) is 0. The molecule has 0 aliphatic rings. The predicted octanol–water partition coefficient (Wildman–Crippen LogP) is 5.29. The summed E-state index contributed by atoms with van der Waals surface area (Å²) in [4.78, 5) is 11.3. The van der Waals surface area contributed by atoms with Gasteiger partial charge in [0.25, 0.3) is 0 Å². The molecule has 0 atom stereocenters. The van der Waals surface area contributed by atoms with Crippen LogP contribution < -0.4 is 0 Å². The van der Waals surface area contributed by atoms with Crippen LogP contribution in [-0.4, -0.2) is 12.6 Å². The first kappa shape index (κ1) is 18.5. The summed E-state index contributed by atoms with van der Waals surface area (Å²) >= 11 is 0. The Labute approximate surface area is 160 Å². The number of benzene rings is 3. The summed E-state index contributed by atoms with van der Waals surface area (Å²) < 4.78 is 5.11. The third-order valence-corrected chi connectivity index (χ3v) is 4.25. The summed E-state index contributed by atoms with van der Waals surface area (Å²) in [5.74, 6) is 6.13. The number of carbonyl (C=O) groups excluding carboxylic acids is 1. The van der Waals surface area contributed by atoms with Gasteiger partial charge in [-0.15, -0.1) is 0 Å². The third-order valence-electron chi connectivity index (χ3n) is 4.25. The van der Waals surface area contributed by atoms with Crippen molar-refractivity contribution in [1.29, 1.82) is 0 Å². The van der Waals surface area contributed by atoms with Crippen molar-refractivity contribution < 1.29 is 9.53 Å². The van der Waals surface area contributed by atoms with E-state index in [1.54, 1.807) is 6.92 Å². The quantitative estimate of drug-likeness (QED) is 0.269. The van der Waals surface area contributed by atoms with Gasteiger partial charge in [-0.3, -0.25) is 0 Å². The van der Waals surface area contributed by atoms with Gasteiger partial charge in [0.2, 0.25) is 0 Å². The highest BCUT2D eigenvalue weighted by molar-refractivity contribution is 5.86. The smallest absolute Gasteiger partial charge is 0.333 e. The van der Waals surface area contributed by atoms with Crippen molar-refractivity contribution in [1.82, 2.24) is 0 Å². The van der Waals surface area contributed by atoms with Gasteiger partial charge in [-0.1, -0.05) is 60.9 Å². The lowest BCUT2D eigenvalue weighted by atomic mass is 10.1. The molecule has 0 fully saturated rings. The first-order valence-corrected chi connectivity index (χ1v) is 9.04. The van der Waals surface area contributed by atoms with E-state index in [2.05, 4.69) is 60.9 Å². The Morgan fingerprint density at radius 3 is 2.33 bits per heavy atom. The average Bonchev–Trinajstić information content (AvgIpc) is 2.70. The average molecular weight is 354 g/mol. The zero-order valence-corrected chi connectivity index (χ0v) is 15.5. The molecule has 3 rings (SSSR count). The molecule has 0 radical (unpaired) electrons. The first-order chi connectivity index (χ1) is 13.1. The standard InChI is InChI=1S/C25H22O2/c1-19(2)25(26)27-17-5-6-20-9-11-21(12-10-20)13-14-22-15-16-23-7-3-4-8-24(23)18-22/h3-4,7-12,15-16,18H,1,5-6,17H2,2H3. The lowest BCUT2D eigenvalue weighted by Gasteiger charge is -2.04. The molecule has 0 aliphatic heterocycles. The molecule has 0 heterocycles. The second-order valence-electron chi connectivity index (χ2n) is 6.53. The van der Waals surface area contributed by atoms with Gasteiger partial charge >= 0.3 is 5.97 Å². The van der Waals surface area contributed by atoms with Crippen LogP contribution in [0.25, 0.3) is 10.8 Å². The van der Waals surface area contributed by atoms with E-state index >= 15 is 0 Å². The van der Waals surface area contributed by atoms with Crippen LogP contribution >= 0.6 is 0 Å². The maximum atomic E-state index is 11.3. The fourth-order valence-corrected chi connectivity index (χ4v) is 2.73. The molecule has 2 nitrogen and oxygen atoms in total. The van der Waals surface area contributed by atoms with Gasteiger partial charge in [0, 0.05) is 16.7 Å². The van der Waals surface area contributed by atoms with Crippen molar-refractivity contribution in [2.45, 2.75) is 19.8 Å². The SMILES string of the molecule is C=C(C)C(=O)OCCCc1ccc(C#Cc2ccc3ccccc3c2)cc1. The van der Waals surface area contributed by atoms with Crippen LogP contribution in [-0.2, 0) is 16.0 Å². The zero-order chi connectivity index (χ0) is 19.1. The molecule has 3 aromatic carbocycles. The van der Waals surface area contributed by atoms with Crippen molar-refractivity contribution in [2.75, 3.05) is 6.61 Å². The van der Waals surface area contributed by atoms with E-state index < -0.39 is 0 Å². The third kappa shape index (κ3) is 5.33. The Kier molecular flexibility index (Phi) is 6.07. The molecule has 0 unspecified atom stereocenters. The van der Waals surface area contributed by atoms with Gasteiger partial charge in [-0.2, -0.15) is 0 Å². The number of carbonyl (C=O) groups is 1. The molecule has 0 saturated carbocycles. The van der Waals surface area contributed by atoms with E-state index in [9.17, 15) is 4.79 Å². The van der Waals surface area contributed by atoms with Crippen LogP contribution in [0.2, 0.25) is 0 Å². The van der Waals surface area contributed by atoms with E-state index in [-0.39, 0.29) is 5.97 Å². The molecule has 0 aromatic heterocycles. The number of rotatable bonds is 5. The number of hydrogen-bond acceptors (Lipinski definition) is 2. The van der Waals surface area contributed by atoms with Crippen LogP contribution in [0.5, 0.6) is 0 Å². The van der Waals surface area contributed by atoms with Gasteiger partial charge in [-0.05, 0) is 60.4 Å². The highest BCUT2D eigenvalue weighted by atomic mass is 16.5. The Morgan fingerprint density at radius 2 is 1.59 bits per heavy atom. The van der Waals surface area contributed by atoms with E-state index in [1.807, 2.05) is 24.3 Å². The summed E-state index contributed by atoms with van der Waals surface area (Å²) in [6.45, 7) is 5.63. The molecule has 0 spiro atoms. The van der Waals surface area contributed by atoms with Gasteiger partial charge in [0.05, 0.1) is 6.61 Å². The van der Waals surface area contributed by atoms with Crippen molar-refractivity contribution in [3.63, 3.8) is 0 Å². The zero-order valence-electron chi connectivity index (χ0n) is 15.5. The summed E-state index contributed by atoms with van der Waals surface area (Å²) in [7, 11) is 0. The van der Waals surface area contributed by atoms with Crippen molar-refractivity contribution >= 4 is 16.7 Å². The first-order valence-electron chi connectivity index (χ1n) is 9.04. The number of aryl methyl sites for hydroxylation is 1. The normalized spacial score (nSPS) is 10.1. The largest absolute Gasteiger partial charge is 0.462 e. The Balaban J connectivity index is 1.57. The topological polar surface area (TPSA) is 26.3 Å². The second kappa shape index (κ2) is 8.87. The molecule has 0 amide bonds. The minimum Gasteiger partial charge on any atom is -0.462 e. The Bertz CT molecular complexity index is 1020. The summed E-state index contributed by atoms with van der Waals surface area (Å²) in [5.41, 5.74) is 3.64. The summed E-state index contributed by atoms with van der Waals surface area (Å²) in [5, 5.41) is 2.42. The predicted molar refractivity (Wildman–Crippen MR) is 110 cm³/mol. The lowest BCUT2D eigenvalue weighted by Crippen LogP contribution is -2.06. The maximum Gasteiger partial charge on any atom is 0.333 e. The fourth-order valence-electron chi connectivity index (χ4n) is 2.73. The maximum absolute atomic E-state index is 11.3. The van der Waals surface area contributed by atoms with Crippen molar-refractivity contribution in [3.8, 4) is 11.8 Å². The highest BCUT2D eigenvalue weighted by Gasteiger charge is 2.02. The molecule has 0 aliphatic carbocycles. The molecule has 134 valence electrons. The van der Waals surface area contributed by atoms with Crippen LogP contribution in [0.15, 0.2) is 78.9 Å².